The van der Waals surface area contributed by atoms with Crippen LogP contribution in [0.5, 0.6) is 5.75 Å². The van der Waals surface area contributed by atoms with Crippen molar-refractivity contribution in [1.29, 1.82) is 0 Å². The molecule has 2 aromatic carbocycles. The number of hydrogen-bond acceptors (Lipinski definition) is 5. The van der Waals surface area contributed by atoms with Crippen molar-refractivity contribution in [3.8, 4) is 16.9 Å². The second-order valence-electron chi connectivity index (χ2n) is 7.49. The van der Waals surface area contributed by atoms with Crippen LogP contribution in [-0.4, -0.2) is 62.2 Å². The average molecular weight is 405 g/mol. The summed E-state index contributed by atoms with van der Waals surface area (Å²) in [6.45, 7) is 6.45. The minimum atomic E-state index is 0.0910. The maximum atomic E-state index is 11.9. The maximum Gasteiger partial charge on any atom is 0.234 e. The minimum absolute atomic E-state index is 0.0910. The van der Waals surface area contributed by atoms with E-state index in [2.05, 4.69) is 51.5 Å². The SMILES string of the molecule is CCNC(=O)CN1CCN(c2cc(-c3ccccc3)c3ccc(OC)cc3n2)CC1. The summed E-state index contributed by atoms with van der Waals surface area (Å²) < 4.78 is 5.43. The lowest BCUT2D eigenvalue weighted by atomic mass is 10.0. The number of methoxy groups -OCH3 is 1. The molecule has 0 bridgehead atoms. The van der Waals surface area contributed by atoms with Crippen molar-refractivity contribution in [2.45, 2.75) is 6.92 Å². The molecular formula is C24H28N4O2. The Balaban J connectivity index is 1.62. The summed E-state index contributed by atoms with van der Waals surface area (Å²) in [6, 6.07) is 18.7. The Hall–Kier alpha value is -3.12. The highest BCUT2D eigenvalue weighted by Gasteiger charge is 2.21. The van der Waals surface area contributed by atoms with Crippen molar-refractivity contribution in [3.05, 3.63) is 54.6 Å². The Labute approximate surface area is 177 Å². The molecule has 156 valence electrons. The lowest BCUT2D eigenvalue weighted by molar-refractivity contribution is -0.122. The molecule has 0 unspecified atom stereocenters. The molecule has 1 fully saturated rings. The quantitative estimate of drug-likeness (QED) is 0.684. The lowest BCUT2D eigenvalue weighted by Gasteiger charge is -2.35. The predicted molar refractivity (Wildman–Crippen MR) is 121 cm³/mol. The topological polar surface area (TPSA) is 57.7 Å². The van der Waals surface area contributed by atoms with Gasteiger partial charge in [0, 0.05) is 44.2 Å². The number of pyridine rings is 1. The number of benzene rings is 2. The van der Waals surface area contributed by atoms with Gasteiger partial charge >= 0.3 is 0 Å². The number of hydrogen-bond donors (Lipinski definition) is 1. The molecular weight excluding hydrogens is 376 g/mol. The Bertz CT molecular complexity index is 1010. The van der Waals surface area contributed by atoms with Crippen LogP contribution in [-0.2, 0) is 4.79 Å². The van der Waals surface area contributed by atoms with Crippen LogP contribution in [0.25, 0.3) is 22.0 Å². The average Bonchev–Trinajstić information content (AvgIpc) is 2.79. The van der Waals surface area contributed by atoms with Gasteiger partial charge in [-0.2, -0.15) is 0 Å². The number of amides is 1. The Morgan fingerprint density at radius 2 is 1.83 bits per heavy atom. The summed E-state index contributed by atoms with van der Waals surface area (Å²) in [4.78, 5) is 21.3. The minimum Gasteiger partial charge on any atom is -0.497 e. The van der Waals surface area contributed by atoms with Crippen LogP contribution in [0, 0.1) is 0 Å². The summed E-state index contributed by atoms with van der Waals surface area (Å²) in [5.74, 6) is 1.86. The third-order valence-corrected chi connectivity index (χ3v) is 5.53. The highest BCUT2D eigenvalue weighted by molar-refractivity contribution is 5.96. The van der Waals surface area contributed by atoms with Gasteiger partial charge in [-0.15, -0.1) is 0 Å². The van der Waals surface area contributed by atoms with E-state index in [1.807, 2.05) is 25.1 Å². The van der Waals surface area contributed by atoms with Gasteiger partial charge in [0.2, 0.25) is 5.91 Å². The van der Waals surface area contributed by atoms with Gasteiger partial charge in [-0.3, -0.25) is 9.69 Å². The van der Waals surface area contributed by atoms with Gasteiger partial charge in [0.05, 0.1) is 19.2 Å². The van der Waals surface area contributed by atoms with Gasteiger partial charge in [-0.25, -0.2) is 4.98 Å². The molecule has 0 aliphatic carbocycles. The fraction of sp³-hybridized carbons (Fsp3) is 0.333. The van der Waals surface area contributed by atoms with Crippen molar-refractivity contribution in [3.63, 3.8) is 0 Å². The van der Waals surface area contributed by atoms with Crippen molar-refractivity contribution < 1.29 is 9.53 Å². The van der Waals surface area contributed by atoms with Gasteiger partial charge in [0.1, 0.15) is 11.6 Å². The van der Waals surface area contributed by atoms with E-state index in [9.17, 15) is 4.79 Å². The monoisotopic (exact) mass is 404 g/mol. The number of anilines is 1. The molecule has 4 rings (SSSR count). The number of ether oxygens (including phenoxy) is 1. The summed E-state index contributed by atoms with van der Waals surface area (Å²) >= 11 is 0. The molecule has 6 nitrogen and oxygen atoms in total. The molecule has 0 spiro atoms. The van der Waals surface area contributed by atoms with Gasteiger partial charge < -0.3 is 15.0 Å². The molecule has 1 aliphatic rings. The number of carbonyl (C=O) groups is 1. The van der Waals surface area contributed by atoms with Crippen LogP contribution in [0.3, 0.4) is 0 Å². The van der Waals surface area contributed by atoms with Gasteiger partial charge in [-0.05, 0) is 36.2 Å². The maximum absolute atomic E-state index is 11.9. The number of likely N-dealkylation sites (N-methyl/N-ethyl adjacent to an activating group) is 1. The van der Waals surface area contributed by atoms with Crippen LogP contribution in [0.1, 0.15) is 6.92 Å². The molecule has 30 heavy (non-hydrogen) atoms. The fourth-order valence-corrected chi connectivity index (χ4v) is 3.93. The molecule has 1 N–H and O–H groups in total. The first-order valence-corrected chi connectivity index (χ1v) is 10.5. The first-order valence-electron chi connectivity index (χ1n) is 10.5. The lowest BCUT2D eigenvalue weighted by Crippen LogP contribution is -2.49. The van der Waals surface area contributed by atoms with E-state index in [-0.39, 0.29) is 5.91 Å². The van der Waals surface area contributed by atoms with Crippen molar-refractivity contribution in [2.75, 3.05) is 51.3 Å². The number of carbonyl (C=O) groups excluding carboxylic acids is 1. The third kappa shape index (κ3) is 4.39. The largest absolute Gasteiger partial charge is 0.497 e. The van der Waals surface area contributed by atoms with Crippen molar-refractivity contribution >= 4 is 22.6 Å². The second kappa shape index (κ2) is 9.13. The van der Waals surface area contributed by atoms with Gasteiger partial charge in [0.25, 0.3) is 0 Å². The standard InChI is InChI=1S/C24H28N4O2/c1-3-25-24(29)17-27-11-13-28(14-12-27)23-16-21(18-7-5-4-6-8-18)20-10-9-19(30-2)15-22(20)26-23/h4-10,15-16H,3,11-14,17H2,1-2H3,(H,25,29). The molecule has 1 saturated heterocycles. The zero-order valence-electron chi connectivity index (χ0n) is 17.6. The van der Waals surface area contributed by atoms with Crippen molar-refractivity contribution in [2.24, 2.45) is 0 Å². The number of rotatable bonds is 6. The molecule has 0 atom stereocenters. The Morgan fingerprint density at radius 1 is 1.07 bits per heavy atom. The molecule has 3 aromatic rings. The van der Waals surface area contributed by atoms with Gasteiger partial charge in [-0.1, -0.05) is 30.3 Å². The normalized spacial score (nSPS) is 14.7. The number of piperazine rings is 1. The summed E-state index contributed by atoms with van der Waals surface area (Å²) in [5.41, 5.74) is 3.27. The summed E-state index contributed by atoms with van der Waals surface area (Å²) in [7, 11) is 1.68. The summed E-state index contributed by atoms with van der Waals surface area (Å²) in [6.07, 6.45) is 0. The molecule has 1 amide bonds. The van der Waals surface area contributed by atoms with Crippen LogP contribution in [0.4, 0.5) is 5.82 Å². The van der Waals surface area contributed by atoms with Crippen LogP contribution < -0.4 is 15.0 Å². The van der Waals surface area contributed by atoms with E-state index in [4.69, 9.17) is 9.72 Å². The number of nitrogens with zero attached hydrogens (tertiary/aromatic N) is 3. The predicted octanol–water partition coefficient (Wildman–Crippen LogP) is 3.17. The first-order chi connectivity index (χ1) is 14.7. The van der Waals surface area contributed by atoms with Crippen LogP contribution in [0.2, 0.25) is 0 Å². The van der Waals surface area contributed by atoms with E-state index in [1.54, 1.807) is 7.11 Å². The van der Waals surface area contributed by atoms with Gasteiger partial charge in [0.15, 0.2) is 0 Å². The smallest absolute Gasteiger partial charge is 0.234 e. The molecule has 0 saturated carbocycles. The molecule has 1 aliphatic heterocycles. The van der Waals surface area contributed by atoms with Crippen LogP contribution >= 0.6 is 0 Å². The zero-order chi connectivity index (χ0) is 20.9. The third-order valence-electron chi connectivity index (χ3n) is 5.53. The molecule has 2 heterocycles. The van der Waals surface area contributed by atoms with E-state index >= 15 is 0 Å². The first kappa shape index (κ1) is 20.2. The highest BCUT2D eigenvalue weighted by Crippen LogP contribution is 2.33. The van der Waals surface area contributed by atoms with Crippen LogP contribution in [0.15, 0.2) is 54.6 Å². The fourth-order valence-electron chi connectivity index (χ4n) is 3.93. The van der Waals surface area contributed by atoms with E-state index < -0.39 is 0 Å². The van der Waals surface area contributed by atoms with E-state index in [1.165, 1.54) is 11.1 Å². The molecule has 1 aromatic heterocycles. The van der Waals surface area contributed by atoms with E-state index in [0.29, 0.717) is 13.1 Å². The number of fused-ring (bicyclic) bond motifs is 1. The molecule has 6 heteroatoms. The molecule has 0 radical (unpaired) electrons. The van der Waals surface area contributed by atoms with Crippen molar-refractivity contribution in [1.82, 2.24) is 15.2 Å². The number of nitrogens with one attached hydrogen (secondary N) is 1. The Morgan fingerprint density at radius 3 is 2.53 bits per heavy atom. The van der Waals surface area contributed by atoms with E-state index in [0.717, 1.165) is 48.6 Å². The summed E-state index contributed by atoms with van der Waals surface area (Å²) in [5, 5.41) is 3.99. The zero-order valence-corrected chi connectivity index (χ0v) is 17.6. The second-order valence-corrected chi connectivity index (χ2v) is 7.49. The Kier molecular flexibility index (Phi) is 6.14. The number of aromatic nitrogens is 1. The highest BCUT2D eigenvalue weighted by atomic mass is 16.5.